The summed E-state index contributed by atoms with van der Waals surface area (Å²) in [4.78, 5) is 0. The first-order valence-corrected chi connectivity index (χ1v) is 12.9. The molecule has 0 bridgehead atoms. The van der Waals surface area contributed by atoms with Crippen LogP contribution in [0.3, 0.4) is 0 Å². The zero-order chi connectivity index (χ0) is 19.6. The van der Waals surface area contributed by atoms with E-state index in [9.17, 15) is 0 Å². The van der Waals surface area contributed by atoms with Gasteiger partial charge in [-0.15, -0.1) is 0 Å². The summed E-state index contributed by atoms with van der Waals surface area (Å²) in [6.07, 6.45) is 23.1. The highest BCUT2D eigenvalue weighted by Gasteiger charge is 2.24. The van der Waals surface area contributed by atoms with Crippen LogP contribution in [0.1, 0.15) is 140 Å². The van der Waals surface area contributed by atoms with Crippen LogP contribution in [0.2, 0.25) is 0 Å². The van der Waals surface area contributed by atoms with Gasteiger partial charge in [-0.2, -0.15) is 0 Å². The second kappa shape index (κ2) is 12.0. The molecular weight excluding hydrogens is 336 g/mol. The van der Waals surface area contributed by atoms with E-state index >= 15 is 0 Å². The molecule has 2 aliphatic carbocycles. The molecule has 0 aliphatic heterocycles. The van der Waals surface area contributed by atoms with Crippen molar-refractivity contribution in [2.75, 3.05) is 0 Å². The number of benzene rings is 1. The van der Waals surface area contributed by atoms with Crippen molar-refractivity contribution in [1.82, 2.24) is 0 Å². The van der Waals surface area contributed by atoms with Crippen molar-refractivity contribution in [2.45, 2.75) is 128 Å². The maximum atomic E-state index is 2.49. The Morgan fingerprint density at radius 1 is 0.536 bits per heavy atom. The van der Waals surface area contributed by atoms with Crippen molar-refractivity contribution in [3.8, 4) is 0 Å². The second-order valence-corrected chi connectivity index (χ2v) is 10.1. The van der Waals surface area contributed by atoms with Crippen molar-refractivity contribution in [1.29, 1.82) is 0 Å². The molecule has 1 aromatic rings. The quantitative estimate of drug-likeness (QED) is 0.353. The Kier molecular flexibility index (Phi) is 9.42. The Morgan fingerprint density at radius 3 is 1.21 bits per heavy atom. The van der Waals surface area contributed by atoms with Crippen LogP contribution in [-0.2, 0) is 0 Å². The average molecular weight is 383 g/mol. The molecule has 2 fully saturated rings. The molecule has 0 atom stereocenters. The Balaban J connectivity index is 1.41. The molecule has 0 aromatic heterocycles. The highest BCUT2D eigenvalue weighted by atomic mass is 14.3. The van der Waals surface area contributed by atoms with Crippen LogP contribution in [0.25, 0.3) is 0 Å². The summed E-state index contributed by atoms with van der Waals surface area (Å²) in [5.74, 6) is 3.72. The summed E-state index contributed by atoms with van der Waals surface area (Å²) in [5, 5.41) is 0. The molecule has 0 heteroatoms. The number of rotatable bonds is 10. The summed E-state index contributed by atoms with van der Waals surface area (Å²) in [6, 6.07) is 9.96. The van der Waals surface area contributed by atoms with Gasteiger partial charge in [0.05, 0.1) is 0 Å². The fourth-order valence-electron chi connectivity index (χ4n) is 5.98. The van der Waals surface area contributed by atoms with E-state index in [-0.39, 0.29) is 0 Å². The van der Waals surface area contributed by atoms with Crippen molar-refractivity contribution in [3.05, 3.63) is 35.4 Å². The minimum Gasteiger partial charge on any atom is -0.0654 e. The van der Waals surface area contributed by atoms with Gasteiger partial charge >= 0.3 is 0 Å². The molecule has 2 saturated carbocycles. The molecule has 0 heterocycles. The van der Waals surface area contributed by atoms with Crippen LogP contribution >= 0.6 is 0 Å². The molecule has 1 aromatic carbocycles. The third kappa shape index (κ3) is 6.64. The second-order valence-electron chi connectivity index (χ2n) is 10.1. The van der Waals surface area contributed by atoms with Crippen molar-refractivity contribution in [2.24, 2.45) is 11.8 Å². The molecule has 3 rings (SSSR count). The third-order valence-corrected chi connectivity index (χ3v) is 8.00. The van der Waals surface area contributed by atoms with E-state index in [1.807, 2.05) is 0 Å². The van der Waals surface area contributed by atoms with E-state index in [2.05, 4.69) is 38.1 Å². The van der Waals surface area contributed by atoms with Crippen molar-refractivity contribution in [3.63, 3.8) is 0 Å². The van der Waals surface area contributed by atoms with E-state index in [1.165, 1.54) is 103 Å². The van der Waals surface area contributed by atoms with Gasteiger partial charge in [0.2, 0.25) is 0 Å². The van der Waals surface area contributed by atoms with Crippen LogP contribution < -0.4 is 0 Å². The molecule has 0 N–H and O–H groups in total. The Morgan fingerprint density at radius 2 is 0.893 bits per heavy atom. The van der Waals surface area contributed by atoms with E-state index in [0.29, 0.717) is 0 Å². The fraction of sp³-hybridized carbons (Fsp3) is 0.786. The highest BCUT2D eigenvalue weighted by Crippen LogP contribution is 2.40. The van der Waals surface area contributed by atoms with Crippen LogP contribution in [0.15, 0.2) is 24.3 Å². The van der Waals surface area contributed by atoms with Gasteiger partial charge in [0.25, 0.3) is 0 Å². The van der Waals surface area contributed by atoms with Gasteiger partial charge in [-0.1, -0.05) is 89.5 Å². The van der Waals surface area contributed by atoms with Gasteiger partial charge in [0.15, 0.2) is 0 Å². The van der Waals surface area contributed by atoms with E-state index in [1.54, 1.807) is 11.1 Å². The molecule has 0 nitrogen and oxygen atoms in total. The predicted octanol–water partition coefficient (Wildman–Crippen LogP) is 9.39. The standard InChI is InChI=1S/C28H46/c1-3-5-7-9-23-11-15-25(16-12-23)27-19-21-28(22-20-27)26-17-13-24(14-18-26)10-8-6-4-2/h19-26H,3-18H2,1-2H3. The first-order valence-electron chi connectivity index (χ1n) is 12.9. The topological polar surface area (TPSA) is 0 Å². The lowest BCUT2D eigenvalue weighted by atomic mass is 9.75. The molecule has 28 heavy (non-hydrogen) atoms. The lowest BCUT2D eigenvalue weighted by molar-refractivity contribution is 0.301. The van der Waals surface area contributed by atoms with Crippen LogP contribution in [0.5, 0.6) is 0 Å². The summed E-state index contributed by atoms with van der Waals surface area (Å²) in [7, 11) is 0. The van der Waals surface area contributed by atoms with E-state index < -0.39 is 0 Å². The minimum atomic E-state index is 0.839. The molecule has 0 unspecified atom stereocenters. The van der Waals surface area contributed by atoms with Crippen molar-refractivity contribution < 1.29 is 0 Å². The Labute approximate surface area is 175 Å². The zero-order valence-corrected chi connectivity index (χ0v) is 18.9. The van der Waals surface area contributed by atoms with Crippen LogP contribution in [0, 0.1) is 11.8 Å². The lowest BCUT2D eigenvalue weighted by Gasteiger charge is -2.30. The maximum Gasteiger partial charge on any atom is -0.0162 e. The lowest BCUT2D eigenvalue weighted by Crippen LogP contribution is -2.14. The first kappa shape index (κ1) is 21.9. The van der Waals surface area contributed by atoms with Gasteiger partial charge in [-0.05, 0) is 86.2 Å². The maximum absolute atomic E-state index is 2.49. The first-order chi connectivity index (χ1) is 13.8. The van der Waals surface area contributed by atoms with Gasteiger partial charge in [0.1, 0.15) is 0 Å². The molecule has 158 valence electrons. The minimum absolute atomic E-state index is 0.839. The van der Waals surface area contributed by atoms with Gasteiger partial charge < -0.3 is 0 Å². The molecule has 2 aliphatic rings. The van der Waals surface area contributed by atoms with Gasteiger partial charge in [0, 0.05) is 0 Å². The Hall–Kier alpha value is -0.780. The van der Waals surface area contributed by atoms with E-state index in [4.69, 9.17) is 0 Å². The summed E-state index contributed by atoms with van der Waals surface area (Å²) >= 11 is 0. The summed E-state index contributed by atoms with van der Waals surface area (Å²) < 4.78 is 0. The zero-order valence-electron chi connectivity index (χ0n) is 18.9. The largest absolute Gasteiger partial charge is 0.0654 e. The summed E-state index contributed by atoms with van der Waals surface area (Å²) in [5.41, 5.74) is 3.26. The van der Waals surface area contributed by atoms with Crippen LogP contribution in [0.4, 0.5) is 0 Å². The number of unbranched alkanes of at least 4 members (excludes halogenated alkanes) is 4. The smallest absolute Gasteiger partial charge is 0.0162 e. The molecule has 0 spiro atoms. The molecule has 0 amide bonds. The fourth-order valence-corrected chi connectivity index (χ4v) is 5.98. The SMILES string of the molecule is CCCCCC1CCC(c2ccc(C3CCC(CCCCC)CC3)cc2)CC1. The highest BCUT2D eigenvalue weighted by molar-refractivity contribution is 5.28. The normalized spacial score (nSPS) is 28.4. The van der Waals surface area contributed by atoms with Crippen LogP contribution in [-0.4, -0.2) is 0 Å². The number of hydrogen-bond acceptors (Lipinski definition) is 0. The van der Waals surface area contributed by atoms with Gasteiger partial charge in [-0.25, -0.2) is 0 Å². The molecular formula is C28H46. The van der Waals surface area contributed by atoms with Crippen molar-refractivity contribution >= 4 is 0 Å². The Bertz CT molecular complexity index is 462. The predicted molar refractivity (Wildman–Crippen MR) is 124 cm³/mol. The number of hydrogen-bond donors (Lipinski definition) is 0. The van der Waals surface area contributed by atoms with Gasteiger partial charge in [-0.3, -0.25) is 0 Å². The monoisotopic (exact) mass is 382 g/mol. The molecule has 0 saturated heterocycles. The van der Waals surface area contributed by atoms with E-state index in [0.717, 1.165) is 23.7 Å². The third-order valence-electron chi connectivity index (χ3n) is 8.00. The molecule has 0 radical (unpaired) electrons. The summed E-state index contributed by atoms with van der Waals surface area (Å²) in [6.45, 7) is 4.64. The average Bonchev–Trinajstić information content (AvgIpc) is 2.75.